The summed E-state index contributed by atoms with van der Waals surface area (Å²) in [5.41, 5.74) is -0.459. The fourth-order valence-corrected chi connectivity index (χ4v) is 2.59. The van der Waals surface area contributed by atoms with Crippen LogP contribution in [0.3, 0.4) is 0 Å². The minimum atomic E-state index is -0.459. The van der Waals surface area contributed by atoms with Crippen LogP contribution in [0.4, 0.5) is 0 Å². The Morgan fingerprint density at radius 3 is 2.41 bits per heavy atom. The van der Waals surface area contributed by atoms with Gasteiger partial charge in [-0.2, -0.15) is 0 Å². The lowest BCUT2D eigenvalue weighted by atomic mass is 9.90. The van der Waals surface area contributed by atoms with Crippen LogP contribution in [-0.4, -0.2) is 59.4 Å². The van der Waals surface area contributed by atoms with Gasteiger partial charge in [-0.3, -0.25) is 4.79 Å². The summed E-state index contributed by atoms with van der Waals surface area (Å²) in [5.74, 6) is 0.0277. The van der Waals surface area contributed by atoms with E-state index in [4.69, 9.17) is 10.2 Å². The number of carbonyl (C=O) groups excluding carboxylic acids is 1. The lowest BCUT2D eigenvalue weighted by Crippen LogP contribution is -2.56. The normalized spacial score (nSPS) is 23.9. The Labute approximate surface area is 103 Å². The molecule has 1 aliphatic heterocycles. The maximum absolute atomic E-state index is 12.5. The molecule has 0 aliphatic carbocycles. The molecule has 1 aliphatic rings. The van der Waals surface area contributed by atoms with Gasteiger partial charge in [-0.1, -0.05) is 13.3 Å². The SMILES string of the molecule is CCCC1(C(=O)N(CCO)CCO)CCCN1. The first-order valence-electron chi connectivity index (χ1n) is 6.46. The lowest BCUT2D eigenvalue weighted by molar-refractivity contribution is -0.139. The van der Waals surface area contributed by atoms with Crippen molar-refractivity contribution in [1.29, 1.82) is 0 Å². The highest BCUT2D eigenvalue weighted by Crippen LogP contribution is 2.27. The van der Waals surface area contributed by atoms with E-state index in [0.29, 0.717) is 13.1 Å². The highest BCUT2D eigenvalue weighted by atomic mass is 16.3. The van der Waals surface area contributed by atoms with E-state index in [1.807, 2.05) is 0 Å². The first kappa shape index (κ1) is 14.4. The minimum Gasteiger partial charge on any atom is -0.395 e. The largest absolute Gasteiger partial charge is 0.395 e. The first-order valence-corrected chi connectivity index (χ1v) is 6.46. The third-order valence-electron chi connectivity index (χ3n) is 3.36. The zero-order valence-electron chi connectivity index (χ0n) is 10.6. The van der Waals surface area contributed by atoms with Gasteiger partial charge >= 0.3 is 0 Å². The highest BCUT2D eigenvalue weighted by Gasteiger charge is 2.42. The number of aliphatic hydroxyl groups is 2. The van der Waals surface area contributed by atoms with E-state index < -0.39 is 5.54 Å². The molecule has 17 heavy (non-hydrogen) atoms. The molecule has 1 fully saturated rings. The number of rotatable bonds is 7. The summed E-state index contributed by atoms with van der Waals surface area (Å²) in [6.45, 7) is 3.41. The van der Waals surface area contributed by atoms with Crippen molar-refractivity contribution >= 4 is 5.91 Å². The van der Waals surface area contributed by atoms with Crippen LogP contribution >= 0.6 is 0 Å². The lowest BCUT2D eigenvalue weighted by Gasteiger charge is -2.34. The molecule has 1 amide bonds. The van der Waals surface area contributed by atoms with Crippen LogP contribution in [0.1, 0.15) is 32.6 Å². The van der Waals surface area contributed by atoms with Gasteiger partial charge in [0, 0.05) is 13.1 Å². The van der Waals surface area contributed by atoms with Crippen molar-refractivity contribution in [3.63, 3.8) is 0 Å². The molecule has 1 rings (SSSR count). The van der Waals surface area contributed by atoms with Gasteiger partial charge < -0.3 is 20.4 Å². The Bertz CT molecular complexity index is 234. The van der Waals surface area contributed by atoms with E-state index in [-0.39, 0.29) is 19.1 Å². The Hall–Kier alpha value is -0.650. The van der Waals surface area contributed by atoms with Crippen LogP contribution in [0, 0.1) is 0 Å². The third-order valence-corrected chi connectivity index (χ3v) is 3.36. The fourth-order valence-electron chi connectivity index (χ4n) is 2.59. The van der Waals surface area contributed by atoms with Gasteiger partial charge in [0.2, 0.25) is 5.91 Å². The third kappa shape index (κ3) is 3.40. The molecule has 0 saturated carbocycles. The van der Waals surface area contributed by atoms with Crippen molar-refractivity contribution in [2.75, 3.05) is 32.8 Å². The van der Waals surface area contributed by atoms with Crippen molar-refractivity contribution in [3.8, 4) is 0 Å². The Morgan fingerprint density at radius 1 is 1.35 bits per heavy atom. The number of nitrogens with zero attached hydrogens (tertiary/aromatic N) is 1. The molecule has 5 heteroatoms. The van der Waals surface area contributed by atoms with Gasteiger partial charge in [0.25, 0.3) is 0 Å². The van der Waals surface area contributed by atoms with Crippen molar-refractivity contribution in [2.45, 2.75) is 38.1 Å². The quantitative estimate of drug-likeness (QED) is 0.576. The number of hydrogen-bond acceptors (Lipinski definition) is 4. The molecular weight excluding hydrogens is 220 g/mol. The van der Waals surface area contributed by atoms with Crippen LogP contribution < -0.4 is 5.32 Å². The monoisotopic (exact) mass is 244 g/mol. The molecule has 1 atom stereocenters. The van der Waals surface area contributed by atoms with E-state index in [9.17, 15) is 4.79 Å². The second kappa shape index (κ2) is 6.93. The standard InChI is InChI=1S/C12H24N2O3/c1-2-4-12(5-3-6-13-12)11(17)14(7-9-15)8-10-16/h13,15-16H,2-10H2,1H3. The summed E-state index contributed by atoms with van der Waals surface area (Å²) < 4.78 is 0. The molecule has 0 bridgehead atoms. The van der Waals surface area contributed by atoms with E-state index in [1.165, 1.54) is 0 Å². The second-order valence-electron chi connectivity index (χ2n) is 4.60. The molecule has 1 saturated heterocycles. The van der Waals surface area contributed by atoms with Crippen molar-refractivity contribution in [3.05, 3.63) is 0 Å². The summed E-state index contributed by atoms with van der Waals surface area (Å²) in [6, 6.07) is 0. The van der Waals surface area contributed by atoms with E-state index in [1.54, 1.807) is 4.90 Å². The predicted octanol–water partition coefficient (Wildman–Crippen LogP) is -0.278. The van der Waals surface area contributed by atoms with E-state index in [0.717, 1.165) is 32.2 Å². The maximum Gasteiger partial charge on any atom is 0.243 e. The van der Waals surface area contributed by atoms with Crippen molar-refractivity contribution < 1.29 is 15.0 Å². The molecule has 0 radical (unpaired) electrons. The van der Waals surface area contributed by atoms with Crippen LogP contribution in [0.15, 0.2) is 0 Å². The van der Waals surface area contributed by atoms with Crippen LogP contribution in [0.5, 0.6) is 0 Å². The van der Waals surface area contributed by atoms with Gasteiger partial charge in [0.15, 0.2) is 0 Å². The van der Waals surface area contributed by atoms with Gasteiger partial charge in [-0.15, -0.1) is 0 Å². The average Bonchev–Trinajstić information content (AvgIpc) is 2.78. The highest BCUT2D eigenvalue weighted by molar-refractivity contribution is 5.86. The first-order chi connectivity index (χ1) is 8.20. The summed E-state index contributed by atoms with van der Waals surface area (Å²) in [6.07, 6.45) is 3.63. The number of carbonyl (C=O) groups is 1. The summed E-state index contributed by atoms with van der Waals surface area (Å²) in [5, 5.41) is 21.3. The molecule has 100 valence electrons. The molecular formula is C12H24N2O3. The maximum atomic E-state index is 12.5. The zero-order chi connectivity index (χ0) is 12.7. The second-order valence-corrected chi connectivity index (χ2v) is 4.60. The van der Waals surface area contributed by atoms with Gasteiger partial charge in [-0.05, 0) is 25.8 Å². The molecule has 0 spiro atoms. The number of amides is 1. The number of aliphatic hydroxyl groups excluding tert-OH is 2. The van der Waals surface area contributed by atoms with Crippen LogP contribution in [0.25, 0.3) is 0 Å². The minimum absolute atomic E-state index is 0.0277. The van der Waals surface area contributed by atoms with Gasteiger partial charge in [0.1, 0.15) is 0 Å². The van der Waals surface area contributed by atoms with Crippen LogP contribution in [-0.2, 0) is 4.79 Å². The summed E-state index contributed by atoms with van der Waals surface area (Å²) in [7, 11) is 0. The number of nitrogens with one attached hydrogen (secondary N) is 1. The smallest absolute Gasteiger partial charge is 0.243 e. The Balaban J connectivity index is 2.73. The molecule has 0 aromatic heterocycles. The molecule has 5 nitrogen and oxygen atoms in total. The van der Waals surface area contributed by atoms with Crippen molar-refractivity contribution in [2.24, 2.45) is 0 Å². The molecule has 0 aromatic rings. The fraction of sp³-hybridized carbons (Fsp3) is 0.917. The Morgan fingerprint density at radius 2 is 2.00 bits per heavy atom. The van der Waals surface area contributed by atoms with Gasteiger partial charge in [0.05, 0.1) is 18.8 Å². The predicted molar refractivity (Wildman–Crippen MR) is 65.6 cm³/mol. The topological polar surface area (TPSA) is 72.8 Å². The van der Waals surface area contributed by atoms with Crippen molar-refractivity contribution in [1.82, 2.24) is 10.2 Å². The van der Waals surface area contributed by atoms with E-state index >= 15 is 0 Å². The molecule has 0 aromatic carbocycles. The molecule has 1 unspecified atom stereocenters. The van der Waals surface area contributed by atoms with Crippen LogP contribution in [0.2, 0.25) is 0 Å². The summed E-state index contributed by atoms with van der Waals surface area (Å²) >= 11 is 0. The molecule has 1 heterocycles. The summed E-state index contributed by atoms with van der Waals surface area (Å²) in [4.78, 5) is 14.0. The number of hydrogen-bond donors (Lipinski definition) is 3. The van der Waals surface area contributed by atoms with Gasteiger partial charge in [-0.25, -0.2) is 0 Å². The van der Waals surface area contributed by atoms with E-state index in [2.05, 4.69) is 12.2 Å². The average molecular weight is 244 g/mol. The zero-order valence-corrected chi connectivity index (χ0v) is 10.6. The molecule has 3 N–H and O–H groups in total. The Kier molecular flexibility index (Phi) is 5.88.